The molecule has 0 unspecified atom stereocenters. The molecule has 0 aliphatic rings. The topological polar surface area (TPSA) is 46.6 Å². The number of ether oxygens (including phenoxy) is 2. The summed E-state index contributed by atoms with van der Waals surface area (Å²) in [6.07, 6.45) is 1.84. The molecule has 0 spiro atoms. The maximum atomic E-state index is 5.32. The summed E-state index contributed by atoms with van der Waals surface area (Å²) in [4.78, 5) is 6.31. The smallest absolute Gasteiger partial charge is 0.161 e. The van der Waals surface area contributed by atoms with Crippen LogP contribution in [-0.4, -0.2) is 33.3 Å². The van der Waals surface area contributed by atoms with E-state index in [1.165, 1.54) is 5.56 Å². The summed E-state index contributed by atoms with van der Waals surface area (Å²) in [7, 11) is 7.27. The van der Waals surface area contributed by atoms with Gasteiger partial charge in [0.2, 0.25) is 0 Å². The van der Waals surface area contributed by atoms with Crippen molar-refractivity contribution in [3.8, 4) is 11.5 Å². The van der Waals surface area contributed by atoms with E-state index in [0.29, 0.717) is 0 Å². The second-order valence-electron chi connectivity index (χ2n) is 5.21. The molecule has 1 heterocycles. The molecule has 0 fully saturated rings. The average Bonchev–Trinajstić information content (AvgIpc) is 2.55. The quantitative estimate of drug-likeness (QED) is 0.851. The zero-order chi connectivity index (χ0) is 15.9. The molecule has 0 saturated heterocycles. The van der Waals surface area contributed by atoms with Gasteiger partial charge in [0.25, 0.3) is 0 Å². The summed E-state index contributed by atoms with van der Waals surface area (Å²) >= 11 is 0. The van der Waals surface area contributed by atoms with Crippen LogP contribution in [-0.2, 0) is 13.1 Å². The molecule has 1 N–H and O–H groups in total. The van der Waals surface area contributed by atoms with Gasteiger partial charge in [-0.15, -0.1) is 0 Å². The number of hydrogen-bond acceptors (Lipinski definition) is 5. The van der Waals surface area contributed by atoms with Gasteiger partial charge in [-0.2, -0.15) is 0 Å². The average molecular weight is 301 g/mol. The Hall–Kier alpha value is -2.27. The van der Waals surface area contributed by atoms with Crippen LogP contribution in [0.15, 0.2) is 36.5 Å². The highest BCUT2D eigenvalue weighted by Crippen LogP contribution is 2.27. The largest absolute Gasteiger partial charge is 0.493 e. The van der Waals surface area contributed by atoms with Crippen molar-refractivity contribution in [1.82, 2.24) is 10.3 Å². The molecule has 0 radical (unpaired) electrons. The lowest BCUT2D eigenvalue weighted by atomic mass is 10.2. The minimum atomic E-state index is 0.746. The lowest BCUT2D eigenvalue weighted by Crippen LogP contribution is -2.15. The van der Waals surface area contributed by atoms with Gasteiger partial charge in [-0.3, -0.25) is 0 Å². The maximum absolute atomic E-state index is 5.32. The maximum Gasteiger partial charge on any atom is 0.161 e. The van der Waals surface area contributed by atoms with Gasteiger partial charge in [0.15, 0.2) is 11.5 Å². The number of benzene rings is 1. The Balaban J connectivity index is 1.95. The molecule has 0 amide bonds. The molecule has 5 nitrogen and oxygen atoms in total. The van der Waals surface area contributed by atoms with Crippen LogP contribution in [0.3, 0.4) is 0 Å². The van der Waals surface area contributed by atoms with E-state index < -0.39 is 0 Å². The van der Waals surface area contributed by atoms with Crippen molar-refractivity contribution in [3.05, 3.63) is 47.7 Å². The fraction of sp³-hybridized carbons (Fsp3) is 0.353. The third kappa shape index (κ3) is 4.11. The minimum absolute atomic E-state index is 0.746. The Morgan fingerprint density at radius 2 is 1.64 bits per heavy atom. The number of methoxy groups -OCH3 is 2. The normalized spacial score (nSPS) is 10.4. The van der Waals surface area contributed by atoms with E-state index in [9.17, 15) is 0 Å². The van der Waals surface area contributed by atoms with Crippen molar-refractivity contribution in [2.75, 3.05) is 33.2 Å². The first-order valence-electron chi connectivity index (χ1n) is 7.18. The fourth-order valence-electron chi connectivity index (χ4n) is 2.16. The van der Waals surface area contributed by atoms with Gasteiger partial charge in [-0.05, 0) is 35.4 Å². The van der Waals surface area contributed by atoms with Gasteiger partial charge < -0.3 is 19.7 Å². The molecular weight excluding hydrogens is 278 g/mol. The molecule has 118 valence electrons. The van der Waals surface area contributed by atoms with Gasteiger partial charge >= 0.3 is 0 Å². The van der Waals surface area contributed by atoms with Crippen molar-refractivity contribution in [2.45, 2.75) is 13.1 Å². The molecule has 0 aliphatic heterocycles. The summed E-state index contributed by atoms with van der Waals surface area (Å²) in [6, 6.07) is 10.1. The number of pyridine rings is 1. The molecule has 0 atom stereocenters. The van der Waals surface area contributed by atoms with Crippen LogP contribution in [0.2, 0.25) is 0 Å². The number of nitrogens with one attached hydrogen (secondary N) is 1. The summed E-state index contributed by atoms with van der Waals surface area (Å²) in [5.74, 6) is 2.46. The first kappa shape index (κ1) is 16.1. The molecule has 22 heavy (non-hydrogen) atoms. The zero-order valence-corrected chi connectivity index (χ0v) is 13.6. The number of anilines is 1. The van der Waals surface area contributed by atoms with Gasteiger partial charge in [-0.1, -0.05) is 6.07 Å². The third-order valence-electron chi connectivity index (χ3n) is 3.37. The van der Waals surface area contributed by atoms with Gasteiger partial charge in [0.1, 0.15) is 5.82 Å². The molecule has 0 aliphatic carbocycles. The summed E-state index contributed by atoms with van der Waals surface area (Å²) in [6.45, 7) is 1.55. The summed E-state index contributed by atoms with van der Waals surface area (Å²) < 4.78 is 10.6. The highest BCUT2D eigenvalue weighted by atomic mass is 16.5. The minimum Gasteiger partial charge on any atom is -0.493 e. The lowest BCUT2D eigenvalue weighted by Gasteiger charge is -2.13. The van der Waals surface area contributed by atoms with Crippen molar-refractivity contribution >= 4 is 5.82 Å². The Labute approximate surface area is 131 Å². The molecular formula is C17H23N3O2. The van der Waals surface area contributed by atoms with Crippen LogP contribution in [0.5, 0.6) is 11.5 Å². The van der Waals surface area contributed by atoms with E-state index in [2.05, 4.69) is 16.4 Å². The van der Waals surface area contributed by atoms with E-state index in [1.54, 1.807) is 14.2 Å². The number of hydrogen-bond donors (Lipinski definition) is 1. The number of nitrogens with zero attached hydrogens (tertiary/aromatic N) is 2. The van der Waals surface area contributed by atoms with Crippen LogP contribution < -0.4 is 19.7 Å². The van der Waals surface area contributed by atoms with Crippen molar-refractivity contribution < 1.29 is 9.47 Å². The second-order valence-corrected chi connectivity index (χ2v) is 5.21. The second kappa shape index (κ2) is 7.66. The summed E-state index contributed by atoms with van der Waals surface area (Å²) in [5.41, 5.74) is 2.36. The Kier molecular flexibility index (Phi) is 5.61. The molecule has 0 saturated carbocycles. The first-order chi connectivity index (χ1) is 10.6. The molecule has 5 heteroatoms. The fourth-order valence-corrected chi connectivity index (χ4v) is 2.16. The van der Waals surface area contributed by atoms with Gasteiger partial charge in [0, 0.05) is 33.4 Å². The third-order valence-corrected chi connectivity index (χ3v) is 3.37. The lowest BCUT2D eigenvalue weighted by molar-refractivity contribution is 0.354. The Morgan fingerprint density at radius 3 is 2.27 bits per heavy atom. The molecule has 1 aromatic heterocycles. The number of aromatic nitrogens is 1. The van der Waals surface area contributed by atoms with E-state index in [1.807, 2.05) is 49.5 Å². The van der Waals surface area contributed by atoms with Crippen molar-refractivity contribution in [3.63, 3.8) is 0 Å². The van der Waals surface area contributed by atoms with E-state index >= 15 is 0 Å². The predicted molar refractivity (Wildman–Crippen MR) is 88.7 cm³/mol. The van der Waals surface area contributed by atoms with Crippen molar-refractivity contribution in [2.24, 2.45) is 0 Å². The molecule has 0 bridgehead atoms. The standard InChI is InChI=1S/C17H23N3O2/c1-20(2)17-10-14(7-8-19-17)12-18-11-13-5-6-15(21-3)16(9-13)22-4/h5-10,18H,11-12H2,1-4H3. The van der Waals surface area contributed by atoms with Crippen LogP contribution in [0.4, 0.5) is 5.82 Å². The first-order valence-corrected chi connectivity index (χ1v) is 7.18. The predicted octanol–water partition coefficient (Wildman–Crippen LogP) is 2.45. The monoisotopic (exact) mass is 301 g/mol. The SMILES string of the molecule is COc1ccc(CNCc2ccnc(N(C)C)c2)cc1OC. The molecule has 2 aromatic rings. The Morgan fingerprint density at radius 1 is 0.955 bits per heavy atom. The van der Waals surface area contributed by atoms with Crippen molar-refractivity contribution in [1.29, 1.82) is 0 Å². The van der Waals surface area contributed by atoms with Crippen LogP contribution in [0.1, 0.15) is 11.1 Å². The van der Waals surface area contributed by atoms with Crippen LogP contribution in [0.25, 0.3) is 0 Å². The Bertz CT molecular complexity index is 615. The highest BCUT2D eigenvalue weighted by Gasteiger charge is 2.04. The zero-order valence-electron chi connectivity index (χ0n) is 13.6. The molecule has 1 aromatic carbocycles. The number of rotatable bonds is 7. The van der Waals surface area contributed by atoms with Gasteiger partial charge in [-0.25, -0.2) is 4.98 Å². The summed E-state index contributed by atoms with van der Waals surface area (Å²) in [5, 5.41) is 3.43. The van der Waals surface area contributed by atoms with Gasteiger partial charge in [0.05, 0.1) is 14.2 Å². The highest BCUT2D eigenvalue weighted by molar-refractivity contribution is 5.43. The molecule has 2 rings (SSSR count). The van der Waals surface area contributed by atoms with Crippen LogP contribution >= 0.6 is 0 Å². The van der Waals surface area contributed by atoms with E-state index in [0.717, 1.165) is 36.0 Å². The van der Waals surface area contributed by atoms with E-state index in [-0.39, 0.29) is 0 Å². The van der Waals surface area contributed by atoms with Crippen LogP contribution in [0, 0.1) is 0 Å². The van der Waals surface area contributed by atoms with E-state index in [4.69, 9.17) is 9.47 Å².